The molecule has 0 aliphatic heterocycles. The van der Waals surface area contributed by atoms with Gasteiger partial charge in [0.15, 0.2) is 0 Å². The van der Waals surface area contributed by atoms with Crippen LogP contribution in [-0.2, 0) is 4.79 Å². The molecule has 82 valence electrons. The first-order chi connectivity index (χ1) is 7.04. The molecule has 1 unspecified atom stereocenters. The molecule has 1 aromatic rings. The normalized spacial score (nSPS) is 12.0. The summed E-state index contributed by atoms with van der Waals surface area (Å²) < 4.78 is 5.25. The number of nitrogens with one attached hydrogen (secondary N) is 1. The Balaban J connectivity index is 2.99. The molecule has 0 spiro atoms. The van der Waals surface area contributed by atoms with Crippen molar-refractivity contribution in [3.8, 4) is 5.75 Å². The largest absolute Gasteiger partial charge is 0.496 e. The van der Waals surface area contributed by atoms with Gasteiger partial charge in [0.1, 0.15) is 5.75 Å². The molecule has 0 aromatic heterocycles. The van der Waals surface area contributed by atoms with E-state index < -0.39 is 0 Å². The van der Waals surface area contributed by atoms with Crippen LogP contribution in [0.25, 0.3) is 0 Å². The Bertz CT molecular complexity index is 361. The summed E-state index contributed by atoms with van der Waals surface area (Å²) >= 11 is 0. The van der Waals surface area contributed by atoms with Crippen LogP contribution in [-0.4, -0.2) is 13.0 Å². The number of ether oxygens (including phenoxy) is 1. The number of methoxy groups -OCH3 is 1. The minimum absolute atomic E-state index is 0.0302. The van der Waals surface area contributed by atoms with Crippen LogP contribution in [0.4, 0.5) is 0 Å². The molecule has 15 heavy (non-hydrogen) atoms. The molecule has 0 saturated heterocycles. The van der Waals surface area contributed by atoms with Crippen molar-refractivity contribution in [2.45, 2.75) is 26.8 Å². The minimum Gasteiger partial charge on any atom is -0.496 e. The first-order valence-corrected chi connectivity index (χ1v) is 4.96. The monoisotopic (exact) mass is 207 g/mol. The molecule has 0 aliphatic rings. The second-order valence-corrected chi connectivity index (χ2v) is 3.67. The van der Waals surface area contributed by atoms with Crippen molar-refractivity contribution >= 4 is 5.91 Å². The van der Waals surface area contributed by atoms with Gasteiger partial charge in [0.05, 0.1) is 13.2 Å². The van der Waals surface area contributed by atoms with Gasteiger partial charge in [-0.1, -0.05) is 17.7 Å². The van der Waals surface area contributed by atoms with E-state index in [0.717, 1.165) is 16.9 Å². The zero-order valence-electron chi connectivity index (χ0n) is 9.63. The summed E-state index contributed by atoms with van der Waals surface area (Å²) in [6, 6.07) is 5.91. The van der Waals surface area contributed by atoms with Gasteiger partial charge in [-0.2, -0.15) is 0 Å². The van der Waals surface area contributed by atoms with Gasteiger partial charge in [-0.25, -0.2) is 0 Å². The molecule has 1 rings (SSSR count). The van der Waals surface area contributed by atoms with Gasteiger partial charge in [0.25, 0.3) is 0 Å². The highest BCUT2D eigenvalue weighted by molar-refractivity contribution is 5.73. The Morgan fingerprint density at radius 1 is 1.47 bits per heavy atom. The molecule has 0 bridgehead atoms. The number of rotatable bonds is 3. The lowest BCUT2D eigenvalue weighted by atomic mass is 10.0. The third-order valence-electron chi connectivity index (χ3n) is 2.27. The number of benzene rings is 1. The zero-order chi connectivity index (χ0) is 11.4. The molecular formula is C12H17NO2. The fraction of sp³-hybridized carbons (Fsp3) is 0.417. The van der Waals surface area contributed by atoms with E-state index in [0.29, 0.717) is 0 Å². The highest BCUT2D eigenvalue weighted by Gasteiger charge is 2.11. The van der Waals surface area contributed by atoms with Gasteiger partial charge in [-0.05, 0) is 19.9 Å². The van der Waals surface area contributed by atoms with Crippen molar-refractivity contribution in [2.24, 2.45) is 0 Å². The van der Waals surface area contributed by atoms with Crippen LogP contribution in [0.1, 0.15) is 31.0 Å². The van der Waals surface area contributed by atoms with Crippen molar-refractivity contribution in [3.63, 3.8) is 0 Å². The molecule has 0 fully saturated rings. The summed E-state index contributed by atoms with van der Waals surface area (Å²) in [6.45, 7) is 5.47. The summed E-state index contributed by atoms with van der Waals surface area (Å²) in [7, 11) is 1.63. The smallest absolute Gasteiger partial charge is 0.217 e. The van der Waals surface area contributed by atoms with E-state index in [1.54, 1.807) is 7.11 Å². The highest BCUT2D eigenvalue weighted by Crippen LogP contribution is 2.25. The van der Waals surface area contributed by atoms with Crippen LogP contribution in [0.2, 0.25) is 0 Å². The Morgan fingerprint density at radius 3 is 2.67 bits per heavy atom. The number of hydrogen-bond acceptors (Lipinski definition) is 2. The van der Waals surface area contributed by atoms with Crippen LogP contribution in [0, 0.1) is 6.92 Å². The summed E-state index contributed by atoms with van der Waals surface area (Å²) in [5.41, 5.74) is 2.16. The van der Waals surface area contributed by atoms with E-state index >= 15 is 0 Å². The quantitative estimate of drug-likeness (QED) is 0.825. The third kappa shape index (κ3) is 2.98. The lowest BCUT2D eigenvalue weighted by molar-refractivity contribution is -0.119. The Morgan fingerprint density at radius 2 is 2.13 bits per heavy atom. The highest BCUT2D eigenvalue weighted by atomic mass is 16.5. The Labute approximate surface area is 90.4 Å². The van der Waals surface area contributed by atoms with Crippen LogP contribution in [0.3, 0.4) is 0 Å². The van der Waals surface area contributed by atoms with Crippen LogP contribution in [0.15, 0.2) is 18.2 Å². The number of hydrogen-bond donors (Lipinski definition) is 1. The summed E-state index contributed by atoms with van der Waals surface area (Å²) in [5.74, 6) is 0.771. The van der Waals surface area contributed by atoms with Gasteiger partial charge >= 0.3 is 0 Å². The predicted octanol–water partition coefficient (Wildman–Crippen LogP) is 2.20. The molecule has 0 radical (unpaired) electrons. The fourth-order valence-electron chi connectivity index (χ4n) is 1.57. The fourth-order valence-corrected chi connectivity index (χ4v) is 1.57. The van der Waals surface area contributed by atoms with E-state index in [1.807, 2.05) is 32.0 Å². The van der Waals surface area contributed by atoms with Crippen LogP contribution in [0.5, 0.6) is 5.75 Å². The van der Waals surface area contributed by atoms with E-state index in [2.05, 4.69) is 5.32 Å². The summed E-state index contributed by atoms with van der Waals surface area (Å²) in [6.07, 6.45) is 0. The molecule has 0 saturated carbocycles. The van der Waals surface area contributed by atoms with Crippen molar-refractivity contribution in [3.05, 3.63) is 29.3 Å². The van der Waals surface area contributed by atoms with Crippen molar-refractivity contribution in [1.29, 1.82) is 0 Å². The van der Waals surface area contributed by atoms with Gasteiger partial charge in [-0.15, -0.1) is 0 Å². The molecule has 0 aliphatic carbocycles. The van der Waals surface area contributed by atoms with Crippen molar-refractivity contribution in [2.75, 3.05) is 7.11 Å². The predicted molar refractivity (Wildman–Crippen MR) is 60.0 cm³/mol. The summed E-state index contributed by atoms with van der Waals surface area (Å²) in [5, 5.41) is 2.84. The standard InChI is InChI=1S/C12H17NO2/c1-8-5-6-12(15-4)11(7-8)9(2)13-10(3)14/h5-7,9H,1-4H3,(H,13,14). The van der Waals surface area contributed by atoms with Gasteiger partial charge in [0, 0.05) is 12.5 Å². The Kier molecular flexibility index (Phi) is 3.72. The molecule has 1 amide bonds. The third-order valence-corrected chi connectivity index (χ3v) is 2.27. The Hall–Kier alpha value is -1.51. The van der Waals surface area contributed by atoms with E-state index in [9.17, 15) is 4.79 Å². The molecule has 1 atom stereocenters. The van der Waals surface area contributed by atoms with Crippen LogP contribution < -0.4 is 10.1 Å². The minimum atomic E-state index is -0.0361. The van der Waals surface area contributed by atoms with E-state index in [4.69, 9.17) is 4.74 Å². The average molecular weight is 207 g/mol. The lowest BCUT2D eigenvalue weighted by Crippen LogP contribution is -2.24. The number of carbonyl (C=O) groups is 1. The second kappa shape index (κ2) is 4.82. The maximum absolute atomic E-state index is 11.0. The van der Waals surface area contributed by atoms with Gasteiger partial charge < -0.3 is 10.1 Å². The average Bonchev–Trinajstić information content (AvgIpc) is 2.16. The molecule has 3 nitrogen and oxygen atoms in total. The number of amides is 1. The molecule has 1 N–H and O–H groups in total. The zero-order valence-corrected chi connectivity index (χ0v) is 9.63. The van der Waals surface area contributed by atoms with Gasteiger partial charge in [0.2, 0.25) is 5.91 Å². The van der Waals surface area contributed by atoms with Crippen molar-refractivity contribution in [1.82, 2.24) is 5.32 Å². The lowest BCUT2D eigenvalue weighted by Gasteiger charge is -2.16. The molecular weight excluding hydrogens is 190 g/mol. The van der Waals surface area contributed by atoms with E-state index in [1.165, 1.54) is 6.92 Å². The van der Waals surface area contributed by atoms with Gasteiger partial charge in [-0.3, -0.25) is 4.79 Å². The SMILES string of the molecule is COc1ccc(C)cc1C(C)NC(C)=O. The van der Waals surface area contributed by atoms with E-state index in [-0.39, 0.29) is 11.9 Å². The van der Waals surface area contributed by atoms with Crippen LogP contribution >= 0.6 is 0 Å². The molecule has 0 heterocycles. The maximum Gasteiger partial charge on any atom is 0.217 e. The summed E-state index contributed by atoms with van der Waals surface area (Å²) in [4.78, 5) is 11.0. The second-order valence-electron chi connectivity index (χ2n) is 3.67. The first kappa shape index (κ1) is 11.6. The number of aryl methyl sites for hydroxylation is 1. The molecule has 1 aromatic carbocycles. The number of carbonyl (C=O) groups excluding carboxylic acids is 1. The molecule has 3 heteroatoms. The first-order valence-electron chi connectivity index (χ1n) is 4.96. The maximum atomic E-state index is 11.0. The van der Waals surface area contributed by atoms with Crippen molar-refractivity contribution < 1.29 is 9.53 Å². The topological polar surface area (TPSA) is 38.3 Å².